The van der Waals surface area contributed by atoms with Crippen molar-refractivity contribution in [3.8, 4) is 0 Å². The van der Waals surface area contributed by atoms with Gasteiger partial charge >= 0.3 is 0 Å². The van der Waals surface area contributed by atoms with Crippen LogP contribution in [-0.2, 0) is 34.9 Å². The van der Waals surface area contributed by atoms with Crippen LogP contribution in [0.3, 0.4) is 0 Å². The molecule has 0 aliphatic rings. The quantitative estimate of drug-likeness (QED) is 0.146. The second-order valence-electron chi connectivity index (χ2n) is 9.63. The second kappa shape index (κ2) is 18.3. The normalized spacial score (nSPS) is 12.4. The lowest BCUT2D eigenvalue weighted by Gasteiger charge is -2.01. The fourth-order valence-electron chi connectivity index (χ4n) is 3.40. The van der Waals surface area contributed by atoms with E-state index < -0.39 is 36.0 Å². The van der Waals surface area contributed by atoms with Gasteiger partial charge in [0, 0.05) is 37.0 Å². The molecule has 0 unspecified atom stereocenters. The minimum atomic E-state index is -4.18. The largest absolute Gasteiger partial charge is 0.269 e. The zero-order valence-electron chi connectivity index (χ0n) is 25.0. The number of benzene rings is 4. The lowest BCUT2D eigenvalue weighted by Crippen LogP contribution is -2.26. The number of hydrogen-bond donors (Lipinski definition) is 2. The topological polar surface area (TPSA) is 144 Å². The minimum absolute atomic E-state index is 0.507. The van der Waals surface area contributed by atoms with Crippen molar-refractivity contribution in [2.75, 3.05) is 0 Å². The number of carbonyl (C=O) groups is 1. The summed E-state index contributed by atoms with van der Waals surface area (Å²) in [5.74, 6) is -0.745. The third kappa shape index (κ3) is 16.0. The fourth-order valence-corrected chi connectivity index (χ4v) is 7.07. The number of carbonyl (C=O) groups excluding carboxylic acids is 1. The smallest absolute Gasteiger partial charge is 0.257 e. The maximum atomic E-state index is 11.9. The van der Waals surface area contributed by atoms with Crippen LogP contribution in [0.2, 0.25) is 20.1 Å². The van der Waals surface area contributed by atoms with Crippen LogP contribution in [0.5, 0.6) is 0 Å². The lowest BCUT2D eigenvalue weighted by molar-refractivity contribution is -0.114. The Balaban J connectivity index is 0.000000266. The van der Waals surface area contributed by atoms with Crippen molar-refractivity contribution in [3.05, 3.63) is 162 Å². The van der Waals surface area contributed by atoms with E-state index in [2.05, 4.69) is 0 Å². The fraction of sp³-hybridized carbons (Fsp3) is 0. The molecule has 16 heteroatoms. The summed E-state index contributed by atoms with van der Waals surface area (Å²) in [5.41, 5.74) is 2.49. The molecule has 0 saturated heterocycles. The first-order valence-electron chi connectivity index (χ1n) is 13.6. The van der Waals surface area contributed by atoms with E-state index in [1.165, 1.54) is 24.3 Å². The van der Waals surface area contributed by atoms with Gasteiger partial charge in [0.1, 0.15) is 0 Å². The second-order valence-corrected chi connectivity index (χ2v) is 16.3. The van der Waals surface area contributed by atoms with E-state index in [-0.39, 0.29) is 0 Å². The molecule has 4 aromatic carbocycles. The number of halogens is 4. The third-order valence-corrected chi connectivity index (χ3v) is 10.5. The number of rotatable bonds is 11. The van der Waals surface area contributed by atoms with Gasteiger partial charge in [0.25, 0.3) is 15.9 Å². The first kappa shape index (κ1) is 39.7. The Morgan fingerprint density at radius 2 is 0.694 bits per heavy atom. The highest BCUT2D eigenvalue weighted by atomic mass is 35.5. The molecule has 49 heavy (non-hydrogen) atoms. The molecule has 9 nitrogen and oxygen atoms in total. The van der Waals surface area contributed by atoms with Crippen molar-refractivity contribution in [1.29, 1.82) is 0 Å². The molecule has 0 heterocycles. The molecule has 0 aliphatic carbocycles. The van der Waals surface area contributed by atoms with Gasteiger partial charge in [0.15, 0.2) is 0 Å². The van der Waals surface area contributed by atoms with Crippen molar-refractivity contribution in [3.63, 3.8) is 0 Å². The molecule has 1 amide bonds. The van der Waals surface area contributed by atoms with Crippen LogP contribution >= 0.6 is 46.4 Å². The van der Waals surface area contributed by atoms with E-state index >= 15 is 0 Å². The van der Waals surface area contributed by atoms with Gasteiger partial charge in [-0.25, -0.2) is 30.0 Å². The third-order valence-electron chi connectivity index (χ3n) is 5.70. The summed E-state index contributed by atoms with van der Waals surface area (Å²) in [5, 5.41) is 4.60. The van der Waals surface area contributed by atoms with Gasteiger partial charge in [-0.1, -0.05) is 94.9 Å². The monoisotopic (exact) mass is 798 g/mol. The summed E-state index contributed by atoms with van der Waals surface area (Å²) in [6.45, 7) is 0. The van der Waals surface area contributed by atoms with Crippen molar-refractivity contribution in [2.45, 2.75) is 0 Å². The van der Waals surface area contributed by atoms with Crippen LogP contribution in [-0.4, -0.2) is 31.2 Å². The van der Waals surface area contributed by atoms with Crippen LogP contribution < -0.4 is 8.85 Å². The van der Waals surface area contributed by atoms with Gasteiger partial charge in [-0.3, -0.25) is 4.79 Å². The van der Waals surface area contributed by atoms with Crippen molar-refractivity contribution in [1.82, 2.24) is 8.85 Å². The van der Waals surface area contributed by atoms with Crippen LogP contribution in [0.1, 0.15) is 22.3 Å². The molecule has 0 fully saturated rings. The van der Waals surface area contributed by atoms with Gasteiger partial charge in [-0.05, 0) is 95.1 Å². The van der Waals surface area contributed by atoms with E-state index in [0.717, 1.165) is 27.9 Å². The maximum Gasteiger partial charge on any atom is 0.257 e. The van der Waals surface area contributed by atoms with E-state index in [0.29, 0.717) is 36.8 Å². The van der Waals surface area contributed by atoms with E-state index in [4.69, 9.17) is 46.4 Å². The van der Waals surface area contributed by atoms with Gasteiger partial charge in [-0.15, -0.1) is 4.13 Å². The summed E-state index contributed by atoms with van der Waals surface area (Å²) < 4.78 is 74.8. The Hall–Kier alpha value is -3.72. The summed E-state index contributed by atoms with van der Waals surface area (Å²) in [6, 6.07) is 26.1. The number of sulfonamides is 3. The van der Waals surface area contributed by atoms with Gasteiger partial charge < -0.3 is 0 Å². The molecule has 2 N–H and O–H groups in total. The Morgan fingerprint density at radius 1 is 0.429 bits per heavy atom. The summed E-state index contributed by atoms with van der Waals surface area (Å²) in [6.07, 6.45) is 6.52. The van der Waals surface area contributed by atoms with Gasteiger partial charge in [0.2, 0.25) is 20.0 Å². The number of amides is 1. The first-order valence-corrected chi connectivity index (χ1v) is 19.7. The summed E-state index contributed by atoms with van der Waals surface area (Å²) in [4.78, 5) is 11.7. The highest BCUT2D eigenvalue weighted by Crippen LogP contribution is 2.14. The van der Waals surface area contributed by atoms with Crippen LogP contribution in [0.15, 0.2) is 119 Å². The molecule has 0 bridgehead atoms. The molecular formula is C33H26Cl4N2O7S3. The average molecular weight is 801 g/mol. The maximum absolute atomic E-state index is 11.9. The minimum Gasteiger partial charge on any atom is -0.269 e. The van der Waals surface area contributed by atoms with Crippen LogP contribution in [0.4, 0.5) is 0 Å². The molecule has 4 aromatic rings. The zero-order valence-corrected chi connectivity index (χ0v) is 30.4. The van der Waals surface area contributed by atoms with E-state index in [1.807, 2.05) is 4.72 Å². The van der Waals surface area contributed by atoms with E-state index in [9.17, 15) is 30.0 Å². The zero-order chi connectivity index (χ0) is 36.1. The molecule has 0 spiro atoms. The molecule has 4 rings (SSSR count). The van der Waals surface area contributed by atoms with Crippen molar-refractivity contribution >= 4 is 107 Å². The van der Waals surface area contributed by atoms with Crippen LogP contribution in [0, 0.1) is 0 Å². The average Bonchev–Trinajstić information content (AvgIpc) is 3.03. The predicted molar refractivity (Wildman–Crippen MR) is 200 cm³/mol. The molecule has 0 atom stereocenters. The SMILES string of the molecule is O=C(/C=C/c1ccc(Cl)cc1)NS(=O)(=O)/C=C/c1ccc(Cl)cc1.O=S(=O)(/C=C\c1ccc(Cl)cc1)NS(=O)(=O)/C=C/c1ccc(Cl)cc1. The number of nitrogens with one attached hydrogen (secondary N) is 2. The van der Waals surface area contributed by atoms with E-state index in [1.54, 1.807) is 101 Å². The Bertz CT molecular complexity index is 2100. The highest BCUT2D eigenvalue weighted by molar-refractivity contribution is 8.07. The molecule has 256 valence electrons. The Morgan fingerprint density at radius 3 is 1.00 bits per heavy atom. The predicted octanol–water partition coefficient (Wildman–Crippen LogP) is 8.01. The molecule has 0 saturated carbocycles. The Labute approximate surface area is 305 Å². The summed E-state index contributed by atoms with van der Waals surface area (Å²) in [7, 11) is -12.3. The van der Waals surface area contributed by atoms with Gasteiger partial charge in [-0.2, -0.15) is 0 Å². The Kier molecular flexibility index (Phi) is 14.9. The molecule has 0 aliphatic heterocycles. The molecular weight excluding hydrogens is 774 g/mol. The van der Waals surface area contributed by atoms with Crippen molar-refractivity contribution in [2.24, 2.45) is 0 Å². The number of hydrogen-bond acceptors (Lipinski definition) is 7. The van der Waals surface area contributed by atoms with Gasteiger partial charge in [0.05, 0.1) is 5.41 Å². The standard InChI is InChI=1S/C17H13Cl2NO3S.C16H13Cl2NO4S2/c18-15-6-1-13(2-7-15)5-10-17(21)20-24(22,23)12-11-14-3-8-16(19)9-4-14;17-15-5-1-13(2-6-15)9-11-24(20,21)19-25(22,23)12-10-14-3-7-16(18)8-4-14/h1-12H,(H,20,21);1-12,19H/b10-5+,12-11+;11-9-,12-10+. The molecule has 0 aromatic heterocycles. The lowest BCUT2D eigenvalue weighted by atomic mass is 10.2. The first-order chi connectivity index (χ1) is 23.0. The van der Waals surface area contributed by atoms with Crippen molar-refractivity contribution < 1.29 is 30.0 Å². The highest BCUT2D eigenvalue weighted by Gasteiger charge is 2.15. The van der Waals surface area contributed by atoms with Crippen LogP contribution in [0.25, 0.3) is 24.3 Å². The molecule has 0 radical (unpaired) electrons. The summed E-state index contributed by atoms with van der Waals surface area (Å²) >= 11 is 23.0.